The third-order valence-corrected chi connectivity index (χ3v) is 3.87. The van der Waals surface area contributed by atoms with E-state index in [2.05, 4.69) is 15.5 Å². The van der Waals surface area contributed by atoms with E-state index in [-0.39, 0.29) is 22.4 Å². The van der Waals surface area contributed by atoms with Gasteiger partial charge in [-0.25, -0.2) is 4.39 Å². The van der Waals surface area contributed by atoms with Gasteiger partial charge < -0.3 is 14.6 Å². The number of halogens is 2. The first-order chi connectivity index (χ1) is 10.6. The fourth-order valence-electron chi connectivity index (χ4n) is 1.61. The first-order valence-electron chi connectivity index (χ1n) is 6.34. The molecule has 0 fully saturated rings. The van der Waals surface area contributed by atoms with Crippen molar-refractivity contribution >= 4 is 35.0 Å². The van der Waals surface area contributed by atoms with Gasteiger partial charge in [-0.3, -0.25) is 4.79 Å². The van der Waals surface area contributed by atoms with Crippen LogP contribution in [0.15, 0.2) is 29.7 Å². The van der Waals surface area contributed by atoms with Crippen LogP contribution in [0, 0.1) is 5.82 Å². The molecule has 0 radical (unpaired) electrons. The summed E-state index contributed by atoms with van der Waals surface area (Å²) in [4.78, 5) is 11.9. The smallest absolute Gasteiger partial charge is 0.234 e. The molecule has 2 aromatic rings. The zero-order chi connectivity index (χ0) is 15.9. The molecule has 0 aliphatic carbocycles. The van der Waals surface area contributed by atoms with Gasteiger partial charge in [-0.1, -0.05) is 23.4 Å². The Labute approximate surface area is 136 Å². The molecule has 1 N–H and O–H groups in total. The fourth-order valence-corrected chi connectivity index (χ4v) is 2.51. The maximum absolute atomic E-state index is 13.6. The van der Waals surface area contributed by atoms with E-state index in [0.29, 0.717) is 18.3 Å². The molecule has 0 aliphatic heterocycles. The second-order valence-corrected chi connectivity index (χ2v) is 5.64. The van der Waals surface area contributed by atoms with Gasteiger partial charge in [-0.05, 0) is 18.2 Å². The highest BCUT2D eigenvalue weighted by molar-refractivity contribution is 7.99. The summed E-state index contributed by atoms with van der Waals surface area (Å²) in [7, 11) is 1.60. The topological polar surface area (TPSA) is 69.0 Å². The average Bonchev–Trinajstić information content (AvgIpc) is 2.93. The maximum Gasteiger partial charge on any atom is 0.234 e. The molecule has 2 rings (SSSR count). The van der Waals surface area contributed by atoms with Gasteiger partial charge in [-0.2, -0.15) is 0 Å². The molecule has 1 heterocycles. The molecular formula is C13H14ClFN4O2S. The molecule has 0 spiro atoms. The van der Waals surface area contributed by atoms with E-state index in [1.807, 2.05) is 0 Å². The Bertz CT molecular complexity index is 653. The van der Waals surface area contributed by atoms with Crippen molar-refractivity contribution in [3.8, 4) is 0 Å². The highest BCUT2D eigenvalue weighted by Gasteiger charge is 2.11. The zero-order valence-corrected chi connectivity index (χ0v) is 13.3. The van der Waals surface area contributed by atoms with Crippen LogP contribution in [0.25, 0.3) is 0 Å². The molecule has 0 saturated heterocycles. The number of carbonyl (C=O) groups is 1. The van der Waals surface area contributed by atoms with Gasteiger partial charge in [0.15, 0.2) is 5.16 Å². The van der Waals surface area contributed by atoms with Crippen LogP contribution in [0.2, 0.25) is 5.02 Å². The number of nitrogens with zero attached hydrogens (tertiary/aromatic N) is 3. The van der Waals surface area contributed by atoms with Crippen LogP contribution in [0.5, 0.6) is 0 Å². The van der Waals surface area contributed by atoms with Gasteiger partial charge in [0, 0.05) is 18.7 Å². The Balaban J connectivity index is 1.89. The number of amides is 1. The van der Waals surface area contributed by atoms with Crippen LogP contribution in [-0.2, 0) is 16.1 Å². The summed E-state index contributed by atoms with van der Waals surface area (Å²) in [6.45, 7) is 1.12. The number of anilines is 1. The highest BCUT2D eigenvalue weighted by Crippen LogP contribution is 2.20. The zero-order valence-electron chi connectivity index (χ0n) is 11.8. The quantitative estimate of drug-likeness (QED) is 0.781. The second-order valence-electron chi connectivity index (χ2n) is 4.26. The Hall–Kier alpha value is -1.64. The van der Waals surface area contributed by atoms with Crippen molar-refractivity contribution in [1.29, 1.82) is 0 Å². The fraction of sp³-hybridized carbons (Fsp3) is 0.308. The number of aromatic nitrogens is 3. The summed E-state index contributed by atoms with van der Waals surface area (Å²) in [5.41, 5.74) is 0.0934. The number of ether oxygens (including phenoxy) is 1. The predicted molar refractivity (Wildman–Crippen MR) is 82.7 cm³/mol. The lowest BCUT2D eigenvalue weighted by Crippen LogP contribution is -2.15. The van der Waals surface area contributed by atoms with Gasteiger partial charge in [0.1, 0.15) is 12.1 Å². The normalized spacial score (nSPS) is 10.7. The summed E-state index contributed by atoms with van der Waals surface area (Å²) in [5.74, 6) is -0.824. The molecule has 0 saturated carbocycles. The first kappa shape index (κ1) is 16.7. The number of hydrogen-bond donors (Lipinski definition) is 1. The molecular weight excluding hydrogens is 331 g/mol. The second kappa shape index (κ2) is 8.11. The lowest BCUT2D eigenvalue weighted by molar-refractivity contribution is -0.113. The number of nitrogens with one attached hydrogen (secondary N) is 1. The van der Waals surface area contributed by atoms with E-state index in [0.717, 1.165) is 6.07 Å². The van der Waals surface area contributed by atoms with Crippen molar-refractivity contribution in [2.45, 2.75) is 11.7 Å². The molecule has 0 unspecified atom stereocenters. The van der Waals surface area contributed by atoms with Gasteiger partial charge in [0.05, 0.1) is 18.0 Å². The monoisotopic (exact) mass is 344 g/mol. The molecule has 9 heteroatoms. The largest absolute Gasteiger partial charge is 0.383 e. The van der Waals surface area contributed by atoms with Crippen molar-refractivity contribution in [2.75, 3.05) is 24.8 Å². The van der Waals surface area contributed by atoms with Gasteiger partial charge in [-0.15, -0.1) is 10.2 Å². The van der Waals surface area contributed by atoms with Crippen molar-refractivity contribution in [3.05, 3.63) is 35.4 Å². The van der Waals surface area contributed by atoms with E-state index < -0.39 is 5.82 Å². The van der Waals surface area contributed by atoms with Crippen molar-refractivity contribution in [2.24, 2.45) is 0 Å². The Morgan fingerprint density at radius 3 is 3.09 bits per heavy atom. The molecule has 0 aliphatic rings. The summed E-state index contributed by atoms with van der Waals surface area (Å²) in [6.07, 6.45) is 1.57. The molecule has 118 valence electrons. The van der Waals surface area contributed by atoms with Crippen LogP contribution in [0.4, 0.5) is 10.1 Å². The minimum Gasteiger partial charge on any atom is -0.383 e. The number of methoxy groups -OCH3 is 1. The average molecular weight is 345 g/mol. The molecule has 1 aromatic heterocycles. The predicted octanol–water partition coefficient (Wildman–Crippen LogP) is 2.45. The number of carbonyl (C=O) groups excluding carboxylic acids is 1. The number of benzene rings is 1. The van der Waals surface area contributed by atoms with Gasteiger partial charge in [0.2, 0.25) is 5.91 Å². The minimum atomic E-state index is -0.575. The lowest BCUT2D eigenvalue weighted by Gasteiger charge is -2.07. The molecule has 1 amide bonds. The maximum atomic E-state index is 13.6. The van der Waals surface area contributed by atoms with Crippen LogP contribution >= 0.6 is 23.4 Å². The Morgan fingerprint density at radius 2 is 2.36 bits per heavy atom. The van der Waals surface area contributed by atoms with Gasteiger partial charge in [0.25, 0.3) is 0 Å². The van der Waals surface area contributed by atoms with Crippen molar-refractivity contribution < 1.29 is 13.9 Å². The van der Waals surface area contributed by atoms with E-state index in [1.54, 1.807) is 18.0 Å². The first-order valence-corrected chi connectivity index (χ1v) is 7.71. The summed E-state index contributed by atoms with van der Waals surface area (Å²) in [5, 5.41) is 11.1. The number of thioether (sulfide) groups is 1. The minimum absolute atomic E-state index is 0.0910. The summed E-state index contributed by atoms with van der Waals surface area (Å²) in [6, 6.07) is 4.07. The molecule has 1 aromatic carbocycles. The van der Waals surface area contributed by atoms with E-state index in [4.69, 9.17) is 16.3 Å². The Kier molecular flexibility index (Phi) is 6.17. The van der Waals surface area contributed by atoms with Crippen LogP contribution in [-0.4, -0.2) is 40.1 Å². The molecule has 6 nitrogen and oxygen atoms in total. The molecule has 0 atom stereocenters. The number of hydrogen-bond acceptors (Lipinski definition) is 5. The van der Waals surface area contributed by atoms with Crippen LogP contribution in [0.3, 0.4) is 0 Å². The third kappa shape index (κ3) is 4.69. The molecule has 22 heavy (non-hydrogen) atoms. The number of rotatable bonds is 7. The van der Waals surface area contributed by atoms with Gasteiger partial charge >= 0.3 is 0 Å². The van der Waals surface area contributed by atoms with Crippen molar-refractivity contribution in [1.82, 2.24) is 14.8 Å². The van der Waals surface area contributed by atoms with E-state index in [1.165, 1.54) is 23.9 Å². The van der Waals surface area contributed by atoms with Crippen LogP contribution < -0.4 is 5.32 Å². The lowest BCUT2D eigenvalue weighted by atomic mass is 10.3. The third-order valence-electron chi connectivity index (χ3n) is 2.65. The standard InChI is InChI=1S/C13H14ClFN4O2S/c1-21-5-4-19-8-16-18-13(19)22-7-12(20)17-11-3-2-9(14)6-10(11)15/h2-3,6,8H,4-5,7H2,1H3,(H,17,20). The SMILES string of the molecule is COCCn1cnnc1SCC(=O)Nc1ccc(Cl)cc1F. The summed E-state index contributed by atoms with van der Waals surface area (Å²) < 4.78 is 20.3. The van der Waals surface area contributed by atoms with E-state index in [9.17, 15) is 9.18 Å². The Morgan fingerprint density at radius 1 is 1.55 bits per heavy atom. The van der Waals surface area contributed by atoms with Crippen molar-refractivity contribution in [3.63, 3.8) is 0 Å². The van der Waals surface area contributed by atoms with Crippen LogP contribution in [0.1, 0.15) is 0 Å². The highest BCUT2D eigenvalue weighted by atomic mass is 35.5. The summed E-state index contributed by atoms with van der Waals surface area (Å²) >= 11 is 6.87. The van der Waals surface area contributed by atoms with E-state index >= 15 is 0 Å². The molecule has 0 bridgehead atoms.